The van der Waals surface area contributed by atoms with Crippen molar-refractivity contribution in [3.63, 3.8) is 0 Å². The van der Waals surface area contributed by atoms with Crippen molar-refractivity contribution >= 4 is 27.3 Å². The highest BCUT2D eigenvalue weighted by Crippen LogP contribution is 2.19. The molecule has 1 aliphatic rings. The summed E-state index contributed by atoms with van der Waals surface area (Å²) in [6.07, 6.45) is 1.71. The lowest BCUT2D eigenvalue weighted by Crippen LogP contribution is -2.46. The van der Waals surface area contributed by atoms with Crippen molar-refractivity contribution in [3.8, 4) is 0 Å². The second-order valence-corrected chi connectivity index (χ2v) is 9.52. The van der Waals surface area contributed by atoms with Gasteiger partial charge in [-0.05, 0) is 61.4 Å². The highest BCUT2D eigenvalue weighted by Gasteiger charge is 2.27. The lowest BCUT2D eigenvalue weighted by Gasteiger charge is -2.32. The first-order valence-electron chi connectivity index (χ1n) is 8.75. The Hall–Kier alpha value is -1.70. The van der Waals surface area contributed by atoms with E-state index in [0.717, 1.165) is 16.0 Å². The molecule has 7 heteroatoms. The van der Waals surface area contributed by atoms with E-state index < -0.39 is 10.0 Å². The van der Waals surface area contributed by atoms with Gasteiger partial charge in [0, 0.05) is 24.0 Å². The molecule has 140 valence electrons. The summed E-state index contributed by atoms with van der Waals surface area (Å²) in [6, 6.07) is 8.96. The van der Waals surface area contributed by atoms with Crippen LogP contribution < -0.4 is 4.72 Å². The van der Waals surface area contributed by atoms with Crippen LogP contribution in [0.4, 0.5) is 0 Å². The standard InChI is InChI=1S/C19H24N2O3S2/c1-14-5-6-18(12-15(14)2)26(23,24)20-16-7-9-21(10-8-16)19(22)13-17-4-3-11-25-17/h3-6,11-12,16,20H,7-10,13H2,1-2H3. The average Bonchev–Trinajstić information content (AvgIpc) is 3.10. The Kier molecular flexibility index (Phi) is 5.79. The van der Waals surface area contributed by atoms with Crippen molar-refractivity contribution in [1.29, 1.82) is 0 Å². The lowest BCUT2D eigenvalue weighted by atomic mass is 10.1. The number of aryl methyl sites for hydroxylation is 2. The Morgan fingerprint density at radius 2 is 1.92 bits per heavy atom. The maximum Gasteiger partial charge on any atom is 0.240 e. The molecule has 0 aliphatic carbocycles. The molecule has 1 saturated heterocycles. The first kappa shape index (κ1) is 19.1. The predicted octanol–water partition coefficient (Wildman–Crippen LogP) is 2.88. The van der Waals surface area contributed by atoms with Crippen LogP contribution >= 0.6 is 11.3 Å². The van der Waals surface area contributed by atoms with Gasteiger partial charge in [0.25, 0.3) is 0 Å². The van der Waals surface area contributed by atoms with Gasteiger partial charge in [0.2, 0.25) is 15.9 Å². The summed E-state index contributed by atoms with van der Waals surface area (Å²) in [5.41, 5.74) is 2.03. The monoisotopic (exact) mass is 392 g/mol. The number of nitrogens with one attached hydrogen (secondary N) is 1. The number of nitrogens with zero attached hydrogens (tertiary/aromatic N) is 1. The van der Waals surface area contributed by atoms with Crippen LogP contribution in [0.25, 0.3) is 0 Å². The van der Waals surface area contributed by atoms with Gasteiger partial charge in [0.15, 0.2) is 0 Å². The molecule has 1 fully saturated rings. The van der Waals surface area contributed by atoms with Crippen LogP contribution in [0.1, 0.15) is 28.8 Å². The molecule has 1 aromatic carbocycles. The van der Waals surface area contributed by atoms with Crippen molar-refractivity contribution in [2.75, 3.05) is 13.1 Å². The summed E-state index contributed by atoms with van der Waals surface area (Å²) in [4.78, 5) is 15.5. The van der Waals surface area contributed by atoms with Crippen LogP contribution in [0.3, 0.4) is 0 Å². The molecule has 26 heavy (non-hydrogen) atoms. The highest BCUT2D eigenvalue weighted by atomic mass is 32.2. The van der Waals surface area contributed by atoms with Crippen LogP contribution in [0.15, 0.2) is 40.6 Å². The molecule has 0 radical (unpaired) electrons. The van der Waals surface area contributed by atoms with Gasteiger partial charge in [-0.15, -0.1) is 11.3 Å². The molecular formula is C19H24N2O3S2. The fourth-order valence-electron chi connectivity index (χ4n) is 3.09. The lowest BCUT2D eigenvalue weighted by molar-refractivity contribution is -0.131. The van der Waals surface area contributed by atoms with Gasteiger partial charge < -0.3 is 4.90 Å². The van der Waals surface area contributed by atoms with E-state index in [1.165, 1.54) is 0 Å². The number of sulfonamides is 1. The maximum absolute atomic E-state index is 12.6. The molecule has 5 nitrogen and oxygen atoms in total. The third kappa shape index (κ3) is 4.52. The molecule has 1 aliphatic heterocycles. The predicted molar refractivity (Wildman–Crippen MR) is 104 cm³/mol. The van der Waals surface area contributed by atoms with Gasteiger partial charge in [-0.25, -0.2) is 13.1 Å². The summed E-state index contributed by atoms with van der Waals surface area (Å²) >= 11 is 1.58. The number of hydrogen-bond donors (Lipinski definition) is 1. The van der Waals surface area contributed by atoms with Crippen LogP contribution in [-0.4, -0.2) is 38.4 Å². The number of carbonyl (C=O) groups excluding carboxylic acids is 1. The molecule has 0 bridgehead atoms. The molecule has 2 heterocycles. The third-order valence-electron chi connectivity index (χ3n) is 4.86. The van der Waals surface area contributed by atoms with E-state index in [9.17, 15) is 13.2 Å². The number of likely N-dealkylation sites (tertiary alicyclic amines) is 1. The Morgan fingerprint density at radius 3 is 2.54 bits per heavy atom. The third-order valence-corrected chi connectivity index (χ3v) is 7.26. The van der Waals surface area contributed by atoms with Crippen LogP contribution in [0.5, 0.6) is 0 Å². The quantitative estimate of drug-likeness (QED) is 0.851. The number of rotatable bonds is 5. The largest absolute Gasteiger partial charge is 0.342 e. The number of carbonyl (C=O) groups is 1. The van der Waals surface area contributed by atoms with Gasteiger partial charge in [0.05, 0.1) is 11.3 Å². The van der Waals surface area contributed by atoms with Crippen molar-refractivity contribution in [1.82, 2.24) is 9.62 Å². The van der Waals surface area contributed by atoms with Crippen molar-refractivity contribution in [2.45, 2.75) is 44.0 Å². The van der Waals surface area contributed by atoms with E-state index in [-0.39, 0.29) is 11.9 Å². The topological polar surface area (TPSA) is 66.5 Å². The van der Waals surface area contributed by atoms with Gasteiger partial charge in [-0.3, -0.25) is 4.79 Å². The van der Waals surface area contributed by atoms with Crippen molar-refractivity contribution in [2.24, 2.45) is 0 Å². The second-order valence-electron chi connectivity index (χ2n) is 6.78. The van der Waals surface area contributed by atoms with E-state index in [4.69, 9.17) is 0 Å². The number of hydrogen-bond acceptors (Lipinski definition) is 4. The van der Waals surface area contributed by atoms with Crippen LogP contribution in [0, 0.1) is 13.8 Å². The summed E-state index contributed by atoms with van der Waals surface area (Å²) in [7, 11) is -3.53. The average molecular weight is 393 g/mol. The molecule has 1 amide bonds. The molecule has 3 rings (SSSR count). The number of thiophene rings is 1. The first-order valence-corrected chi connectivity index (χ1v) is 11.1. The SMILES string of the molecule is Cc1ccc(S(=O)(=O)NC2CCN(C(=O)Cc3cccs3)CC2)cc1C. The molecule has 0 spiro atoms. The van der Waals surface area contributed by atoms with Gasteiger partial charge in [-0.1, -0.05) is 12.1 Å². The second kappa shape index (κ2) is 7.90. The summed E-state index contributed by atoms with van der Waals surface area (Å²) < 4.78 is 28.0. The first-order chi connectivity index (χ1) is 12.3. The van der Waals surface area contributed by atoms with Gasteiger partial charge >= 0.3 is 0 Å². The molecule has 0 saturated carbocycles. The number of amides is 1. The fraction of sp³-hybridized carbons (Fsp3) is 0.421. The van der Waals surface area contributed by atoms with Gasteiger partial charge in [-0.2, -0.15) is 0 Å². The van der Waals surface area contributed by atoms with Crippen molar-refractivity contribution < 1.29 is 13.2 Å². The zero-order chi connectivity index (χ0) is 18.7. The minimum Gasteiger partial charge on any atom is -0.342 e. The molecule has 2 aromatic rings. The normalized spacial score (nSPS) is 16.0. The van der Waals surface area contributed by atoms with E-state index in [0.29, 0.717) is 37.2 Å². The van der Waals surface area contributed by atoms with E-state index in [1.807, 2.05) is 42.3 Å². The summed E-state index contributed by atoms with van der Waals surface area (Å²) in [5.74, 6) is 0.114. The van der Waals surface area contributed by atoms with Crippen LogP contribution in [-0.2, 0) is 21.2 Å². The number of piperidine rings is 1. The maximum atomic E-state index is 12.6. The smallest absolute Gasteiger partial charge is 0.240 e. The minimum atomic E-state index is -3.53. The number of benzene rings is 1. The van der Waals surface area contributed by atoms with Gasteiger partial charge in [0.1, 0.15) is 0 Å². The Balaban J connectivity index is 1.56. The summed E-state index contributed by atoms with van der Waals surface area (Å²) in [6.45, 7) is 5.04. The molecule has 0 unspecified atom stereocenters. The fourth-order valence-corrected chi connectivity index (χ4v) is 5.17. The minimum absolute atomic E-state index is 0.114. The molecule has 1 N–H and O–H groups in total. The van der Waals surface area contributed by atoms with Crippen LogP contribution in [0.2, 0.25) is 0 Å². The zero-order valence-corrected chi connectivity index (χ0v) is 16.7. The molecular weight excluding hydrogens is 368 g/mol. The molecule has 0 atom stereocenters. The molecule has 1 aromatic heterocycles. The van der Waals surface area contributed by atoms with E-state index in [1.54, 1.807) is 23.5 Å². The Morgan fingerprint density at radius 1 is 1.19 bits per heavy atom. The Labute approximate surface area is 159 Å². The highest BCUT2D eigenvalue weighted by molar-refractivity contribution is 7.89. The van der Waals surface area contributed by atoms with Crippen molar-refractivity contribution in [3.05, 3.63) is 51.7 Å². The Bertz CT molecular complexity index is 868. The van der Waals surface area contributed by atoms with E-state index in [2.05, 4.69) is 4.72 Å². The zero-order valence-electron chi connectivity index (χ0n) is 15.1. The summed E-state index contributed by atoms with van der Waals surface area (Å²) in [5, 5.41) is 1.97. The van der Waals surface area contributed by atoms with E-state index >= 15 is 0 Å².